The quantitative estimate of drug-likeness (QED) is 0.849. The first-order chi connectivity index (χ1) is 9.05. The molecule has 2 aromatic rings. The summed E-state index contributed by atoms with van der Waals surface area (Å²) in [7, 11) is 0. The zero-order valence-electron chi connectivity index (χ0n) is 11.3. The van der Waals surface area contributed by atoms with Gasteiger partial charge in [-0.1, -0.05) is 13.8 Å². The summed E-state index contributed by atoms with van der Waals surface area (Å²) in [5.74, 6) is 0.733. The summed E-state index contributed by atoms with van der Waals surface area (Å²) in [6.07, 6.45) is 7.35. The first kappa shape index (κ1) is 12.2. The van der Waals surface area contributed by atoms with Gasteiger partial charge in [-0.2, -0.15) is 0 Å². The minimum atomic E-state index is 0.0432. The van der Waals surface area contributed by atoms with Gasteiger partial charge in [0.05, 0.1) is 0 Å². The molecular formula is C15H18N4. The average Bonchev–Trinajstić information content (AvgIpc) is 2.37. The summed E-state index contributed by atoms with van der Waals surface area (Å²) in [5, 5.41) is 0. The lowest BCUT2D eigenvalue weighted by Crippen LogP contribution is -2.30. The third-order valence-corrected chi connectivity index (χ3v) is 3.64. The van der Waals surface area contributed by atoms with Crippen molar-refractivity contribution in [3.05, 3.63) is 42.0 Å². The number of fused-ring (bicyclic) bond motifs is 1. The van der Waals surface area contributed by atoms with Crippen molar-refractivity contribution in [1.82, 2.24) is 15.0 Å². The van der Waals surface area contributed by atoms with Crippen LogP contribution in [0.1, 0.15) is 37.6 Å². The Balaban J connectivity index is 2.05. The summed E-state index contributed by atoms with van der Waals surface area (Å²) in [4.78, 5) is 13.2. The molecule has 0 fully saturated rings. The minimum Gasteiger partial charge on any atom is -0.324 e. The Morgan fingerprint density at radius 2 is 2.16 bits per heavy atom. The maximum Gasteiger partial charge on any atom is 0.160 e. The minimum absolute atomic E-state index is 0.0432. The number of nitrogens with two attached hydrogens (primary N) is 1. The van der Waals surface area contributed by atoms with Crippen molar-refractivity contribution in [3.8, 4) is 11.4 Å². The second-order valence-electron chi connectivity index (χ2n) is 5.99. The maximum absolute atomic E-state index is 6.22. The first-order valence-corrected chi connectivity index (χ1v) is 6.57. The Bertz CT molecular complexity index is 592. The van der Waals surface area contributed by atoms with E-state index >= 15 is 0 Å². The van der Waals surface area contributed by atoms with Gasteiger partial charge < -0.3 is 5.73 Å². The van der Waals surface area contributed by atoms with Crippen molar-refractivity contribution < 1.29 is 0 Å². The molecule has 0 unspecified atom stereocenters. The van der Waals surface area contributed by atoms with Gasteiger partial charge in [-0.3, -0.25) is 4.98 Å². The lowest BCUT2D eigenvalue weighted by atomic mass is 9.74. The number of pyridine rings is 1. The third kappa shape index (κ3) is 2.36. The number of hydrogen-bond acceptors (Lipinski definition) is 4. The van der Waals surface area contributed by atoms with Gasteiger partial charge in [0.15, 0.2) is 5.82 Å². The van der Waals surface area contributed by atoms with E-state index in [0.29, 0.717) is 0 Å². The second-order valence-corrected chi connectivity index (χ2v) is 5.99. The Labute approximate surface area is 113 Å². The molecule has 0 saturated heterocycles. The molecule has 2 aromatic heterocycles. The fourth-order valence-electron chi connectivity index (χ4n) is 2.74. The van der Waals surface area contributed by atoms with Gasteiger partial charge >= 0.3 is 0 Å². The molecule has 4 heteroatoms. The van der Waals surface area contributed by atoms with Crippen LogP contribution in [0.25, 0.3) is 11.4 Å². The Hall–Kier alpha value is -1.81. The molecule has 3 rings (SSSR count). The molecule has 0 bridgehead atoms. The summed E-state index contributed by atoms with van der Waals surface area (Å²) >= 11 is 0. The van der Waals surface area contributed by atoms with E-state index in [1.54, 1.807) is 12.4 Å². The molecule has 19 heavy (non-hydrogen) atoms. The van der Waals surface area contributed by atoms with E-state index in [1.807, 2.05) is 18.3 Å². The van der Waals surface area contributed by atoms with E-state index in [4.69, 9.17) is 10.7 Å². The van der Waals surface area contributed by atoms with Crippen molar-refractivity contribution in [3.63, 3.8) is 0 Å². The highest BCUT2D eigenvalue weighted by Crippen LogP contribution is 2.38. The molecule has 0 radical (unpaired) electrons. The number of aromatic nitrogens is 3. The average molecular weight is 254 g/mol. The molecule has 98 valence electrons. The molecule has 4 nitrogen and oxygen atoms in total. The van der Waals surface area contributed by atoms with Crippen LogP contribution < -0.4 is 5.73 Å². The van der Waals surface area contributed by atoms with Crippen molar-refractivity contribution in [2.75, 3.05) is 0 Å². The van der Waals surface area contributed by atoms with E-state index in [9.17, 15) is 0 Å². The number of nitrogens with zero attached hydrogens (tertiary/aromatic N) is 3. The van der Waals surface area contributed by atoms with Crippen LogP contribution in [0.15, 0.2) is 30.7 Å². The van der Waals surface area contributed by atoms with Gasteiger partial charge in [0.1, 0.15) is 0 Å². The fourth-order valence-corrected chi connectivity index (χ4v) is 2.74. The van der Waals surface area contributed by atoms with Crippen LogP contribution >= 0.6 is 0 Å². The van der Waals surface area contributed by atoms with Crippen LogP contribution in [0, 0.1) is 5.41 Å². The predicted molar refractivity (Wildman–Crippen MR) is 74.3 cm³/mol. The number of rotatable bonds is 1. The predicted octanol–water partition coefficient (Wildman–Crippen LogP) is 2.51. The fraction of sp³-hybridized carbons (Fsp3) is 0.400. The summed E-state index contributed by atoms with van der Waals surface area (Å²) in [6.45, 7) is 4.48. The molecule has 0 saturated carbocycles. The van der Waals surface area contributed by atoms with E-state index in [1.165, 1.54) is 0 Å². The van der Waals surface area contributed by atoms with Crippen LogP contribution in [-0.2, 0) is 6.42 Å². The Morgan fingerprint density at radius 3 is 2.89 bits per heavy atom. The van der Waals surface area contributed by atoms with Gasteiger partial charge in [0.2, 0.25) is 0 Å². The van der Waals surface area contributed by atoms with Gasteiger partial charge in [0.25, 0.3) is 0 Å². The lowest BCUT2D eigenvalue weighted by Gasteiger charge is -2.34. The first-order valence-electron chi connectivity index (χ1n) is 6.57. The highest BCUT2D eigenvalue weighted by Gasteiger charge is 2.31. The van der Waals surface area contributed by atoms with Crippen molar-refractivity contribution >= 4 is 0 Å². The van der Waals surface area contributed by atoms with Crippen LogP contribution in [0.5, 0.6) is 0 Å². The SMILES string of the molecule is CC1(C)Cc2nc(-c3cccnc3)ncc2[C@@H](N)C1. The Morgan fingerprint density at radius 1 is 1.32 bits per heavy atom. The van der Waals surface area contributed by atoms with Gasteiger partial charge in [0, 0.05) is 41.5 Å². The molecule has 2 heterocycles. The molecule has 0 aliphatic heterocycles. The normalized spacial score (nSPS) is 20.9. The third-order valence-electron chi connectivity index (χ3n) is 3.64. The van der Waals surface area contributed by atoms with Gasteiger partial charge in [-0.05, 0) is 30.4 Å². The van der Waals surface area contributed by atoms with Crippen LogP contribution in [0.4, 0.5) is 0 Å². The molecule has 1 aliphatic carbocycles. The standard InChI is InChI=1S/C15H18N4/c1-15(2)6-12(16)11-9-18-14(19-13(11)7-15)10-4-3-5-17-8-10/h3-5,8-9,12H,6-7,16H2,1-2H3/t12-/m0/s1. The number of hydrogen-bond donors (Lipinski definition) is 1. The zero-order valence-corrected chi connectivity index (χ0v) is 11.3. The van der Waals surface area contributed by atoms with E-state index in [2.05, 4.69) is 23.8 Å². The molecule has 1 aliphatic rings. The van der Waals surface area contributed by atoms with Crippen LogP contribution in [-0.4, -0.2) is 15.0 Å². The lowest BCUT2D eigenvalue weighted by molar-refractivity contribution is 0.278. The van der Waals surface area contributed by atoms with Gasteiger partial charge in [-0.15, -0.1) is 0 Å². The molecule has 0 amide bonds. The largest absolute Gasteiger partial charge is 0.324 e. The highest BCUT2D eigenvalue weighted by molar-refractivity contribution is 5.53. The summed E-state index contributed by atoms with van der Waals surface area (Å²) in [5.41, 5.74) is 9.54. The molecule has 2 N–H and O–H groups in total. The van der Waals surface area contributed by atoms with Gasteiger partial charge in [-0.25, -0.2) is 9.97 Å². The maximum atomic E-state index is 6.22. The summed E-state index contributed by atoms with van der Waals surface area (Å²) in [6, 6.07) is 3.91. The smallest absolute Gasteiger partial charge is 0.160 e. The zero-order chi connectivity index (χ0) is 13.5. The summed E-state index contributed by atoms with van der Waals surface area (Å²) < 4.78 is 0. The van der Waals surface area contributed by atoms with Crippen molar-refractivity contribution in [1.29, 1.82) is 0 Å². The molecular weight excluding hydrogens is 236 g/mol. The van der Waals surface area contributed by atoms with E-state index < -0.39 is 0 Å². The van der Waals surface area contributed by atoms with E-state index in [-0.39, 0.29) is 11.5 Å². The monoisotopic (exact) mass is 254 g/mol. The topological polar surface area (TPSA) is 64.7 Å². The van der Waals surface area contributed by atoms with Crippen molar-refractivity contribution in [2.24, 2.45) is 11.1 Å². The van der Waals surface area contributed by atoms with Crippen LogP contribution in [0.2, 0.25) is 0 Å². The van der Waals surface area contributed by atoms with E-state index in [0.717, 1.165) is 35.5 Å². The van der Waals surface area contributed by atoms with Crippen LogP contribution in [0.3, 0.4) is 0 Å². The Kier molecular flexibility index (Phi) is 2.82. The second kappa shape index (κ2) is 4.38. The van der Waals surface area contributed by atoms with Crippen molar-refractivity contribution in [2.45, 2.75) is 32.7 Å². The highest BCUT2D eigenvalue weighted by atomic mass is 14.9. The molecule has 0 spiro atoms. The molecule has 0 aromatic carbocycles. The molecule has 1 atom stereocenters.